The first-order valence-electron chi connectivity index (χ1n) is 8.13. The van der Waals surface area contributed by atoms with Crippen molar-refractivity contribution in [1.82, 2.24) is 0 Å². The number of imide groups is 1. The maximum atomic E-state index is 13.0. The summed E-state index contributed by atoms with van der Waals surface area (Å²) in [6, 6.07) is 9.56. The number of carboxylic acid groups (broad SMARTS) is 1. The van der Waals surface area contributed by atoms with E-state index < -0.39 is 44.1 Å². The lowest BCUT2D eigenvalue weighted by Crippen LogP contribution is -2.41. The molecule has 4 rings (SSSR count). The Labute approximate surface area is 163 Å². The van der Waals surface area contributed by atoms with E-state index in [0.717, 1.165) is 18.2 Å². The van der Waals surface area contributed by atoms with E-state index >= 15 is 0 Å². The van der Waals surface area contributed by atoms with E-state index in [4.69, 9.17) is 5.14 Å². The number of nitrogens with two attached hydrogens (primary N) is 1. The second-order valence-corrected chi connectivity index (χ2v) is 7.88. The fraction of sp³-hybridized carbons (Fsp3) is 0. The Morgan fingerprint density at radius 3 is 2.28 bits per heavy atom. The SMILES string of the molecule is NS(=O)(=O)c1ccc([O-])c(N2C(=O)c3cccc4c(C(=O)O)ccc(c34)C2=O)c1. The molecule has 3 aromatic rings. The molecule has 1 heterocycles. The molecule has 0 atom stereocenters. The predicted octanol–water partition coefficient (Wildman–Crippen LogP) is 1.06. The maximum absolute atomic E-state index is 13.0. The lowest BCUT2D eigenvalue weighted by atomic mass is 9.91. The van der Waals surface area contributed by atoms with Crippen molar-refractivity contribution >= 4 is 44.3 Å². The second kappa shape index (κ2) is 6.12. The van der Waals surface area contributed by atoms with E-state index in [2.05, 4.69) is 0 Å². The number of rotatable bonds is 3. The van der Waals surface area contributed by atoms with Crippen LogP contribution in [0, 0.1) is 0 Å². The second-order valence-electron chi connectivity index (χ2n) is 6.31. The van der Waals surface area contributed by atoms with E-state index in [-0.39, 0.29) is 27.5 Å². The summed E-state index contributed by atoms with van der Waals surface area (Å²) in [5.41, 5.74) is -0.516. The topological polar surface area (TPSA) is 158 Å². The largest absolute Gasteiger partial charge is 0.871 e. The lowest BCUT2D eigenvalue weighted by Gasteiger charge is -2.30. The molecular formula is C19H11N2O7S-. The van der Waals surface area contributed by atoms with Crippen LogP contribution in [0.3, 0.4) is 0 Å². The van der Waals surface area contributed by atoms with E-state index in [1.54, 1.807) is 0 Å². The molecule has 146 valence electrons. The zero-order valence-electron chi connectivity index (χ0n) is 14.4. The first-order valence-corrected chi connectivity index (χ1v) is 9.67. The number of sulfonamides is 1. The van der Waals surface area contributed by atoms with Crippen molar-refractivity contribution < 1.29 is 33.0 Å². The number of hydrogen-bond acceptors (Lipinski definition) is 6. The van der Waals surface area contributed by atoms with Crippen molar-refractivity contribution in [2.45, 2.75) is 4.90 Å². The number of primary sulfonamides is 1. The fourth-order valence-corrected chi connectivity index (χ4v) is 3.88. The summed E-state index contributed by atoms with van der Waals surface area (Å²) in [4.78, 5) is 37.7. The summed E-state index contributed by atoms with van der Waals surface area (Å²) >= 11 is 0. The molecule has 0 radical (unpaired) electrons. The quantitative estimate of drug-likeness (QED) is 0.610. The molecule has 0 unspecified atom stereocenters. The van der Waals surface area contributed by atoms with Gasteiger partial charge < -0.3 is 10.2 Å². The van der Waals surface area contributed by atoms with Crippen LogP contribution in [-0.2, 0) is 10.0 Å². The number of aromatic carboxylic acids is 1. The average molecular weight is 411 g/mol. The van der Waals surface area contributed by atoms with Gasteiger partial charge in [-0.2, -0.15) is 0 Å². The van der Waals surface area contributed by atoms with Gasteiger partial charge in [-0.3, -0.25) is 9.59 Å². The van der Waals surface area contributed by atoms with Crippen LogP contribution in [0.25, 0.3) is 10.8 Å². The zero-order chi connectivity index (χ0) is 21.1. The highest BCUT2D eigenvalue weighted by Gasteiger charge is 2.35. The Kier molecular flexibility index (Phi) is 3.93. The minimum absolute atomic E-state index is 0.0145. The van der Waals surface area contributed by atoms with Gasteiger partial charge in [0.15, 0.2) is 0 Å². The van der Waals surface area contributed by atoms with Crippen molar-refractivity contribution in [2.75, 3.05) is 4.90 Å². The zero-order valence-corrected chi connectivity index (χ0v) is 15.3. The van der Waals surface area contributed by atoms with Crippen LogP contribution in [0.1, 0.15) is 31.1 Å². The van der Waals surface area contributed by atoms with Gasteiger partial charge >= 0.3 is 5.97 Å². The third-order valence-corrected chi connectivity index (χ3v) is 5.55. The third-order valence-electron chi connectivity index (χ3n) is 4.64. The standard InChI is InChI=1S/C19H12N2O7S/c20-29(27,28)9-4-7-15(22)14(8-9)21-17(23)12-3-1-2-10-11(19(25)26)5-6-13(16(10)12)18(21)24/h1-8,22H,(H,25,26)(H2,20,27,28)/p-1. The highest BCUT2D eigenvalue weighted by Crippen LogP contribution is 2.37. The van der Waals surface area contributed by atoms with Gasteiger partial charge in [0.05, 0.1) is 10.5 Å². The first kappa shape index (κ1) is 18.6. The Hall–Kier alpha value is -3.76. The molecule has 1 aliphatic heterocycles. The molecule has 3 aromatic carbocycles. The Bertz CT molecular complexity index is 1340. The van der Waals surface area contributed by atoms with Gasteiger partial charge in [-0.25, -0.2) is 23.3 Å². The molecule has 10 heteroatoms. The normalized spacial score (nSPS) is 13.8. The van der Waals surface area contributed by atoms with Gasteiger partial charge in [0.1, 0.15) is 0 Å². The van der Waals surface area contributed by atoms with Crippen LogP contribution in [-0.4, -0.2) is 31.3 Å². The summed E-state index contributed by atoms with van der Waals surface area (Å²) in [6.45, 7) is 0. The van der Waals surface area contributed by atoms with Crippen LogP contribution in [0.2, 0.25) is 0 Å². The molecule has 9 nitrogen and oxygen atoms in total. The molecule has 29 heavy (non-hydrogen) atoms. The molecule has 0 aromatic heterocycles. The monoisotopic (exact) mass is 411 g/mol. The molecule has 0 spiro atoms. The van der Waals surface area contributed by atoms with E-state index in [1.807, 2.05) is 0 Å². The summed E-state index contributed by atoms with van der Waals surface area (Å²) in [6.07, 6.45) is 0. The molecule has 1 aliphatic rings. The third kappa shape index (κ3) is 2.73. The van der Waals surface area contributed by atoms with Gasteiger partial charge in [0, 0.05) is 22.2 Å². The number of carboxylic acids is 1. The summed E-state index contributed by atoms with van der Waals surface area (Å²) in [5.74, 6) is -3.73. The molecule has 0 saturated heterocycles. The fourth-order valence-electron chi connectivity index (χ4n) is 3.35. The minimum Gasteiger partial charge on any atom is -0.871 e. The number of carbonyl (C=O) groups is 3. The summed E-state index contributed by atoms with van der Waals surface area (Å²) < 4.78 is 23.3. The molecule has 0 bridgehead atoms. The number of carbonyl (C=O) groups excluding carboxylic acids is 2. The number of amides is 2. The number of benzene rings is 3. The smallest absolute Gasteiger partial charge is 0.336 e. The van der Waals surface area contributed by atoms with Gasteiger partial charge in [-0.1, -0.05) is 23.9 Å². The van der Waals surface area contributed by atoms with Crippen molar-refractivity contribution in [3.63, 3.8) is 0 Å². The van der Waals surface area contributed by atoms with E-state index in [0.29, 0.717) is 4.90 Å². The average Bonchev–Trinajstić information content (AvgIpc) is 2.66. The Balaban J connectivity index is 1.99. The number of hydrogen-bond donors (Lipinski definition) is 2. The Morgan fingerprint density at radius 2 is 1.66 bits per heavy atom. The lowest BCUT2D eigenvalue weighted by molar-refractivity contribution is -0.267. The maximum Gasteiger partial charge on any atom is 0.336 e. The minimum atomic E-state index is -4.19. The van der Waals surface area contributed by atoms with Gasteiger partial charge in [0.2, 0.25) is 10.0 Å². The van der Waals surface area contributed by atoms with Crippen LogP contribution >= 0.6 is 0 Å². The molecule has 3 N–H and O–H groups in total. The summed E-state index contributed by atoms with van der Waals surface area (Å²) in [5, 5.41) is 27.1. The molecule has 0 aliphatic carbocycles. The van der Waals surface area contributed by atoms with Crippen molar-refractivity contribution in [2.24, 2.45) is 5.14 Å². The first-order chi connectivity index (χ1) is 13.6. The van der Waals surface area contributed by atoms with Crippen LogP contribution < -0.4 is 15.1 Å². The van der Waals surface area contributed by atoms with Gasteiger partial charge in [0.25, 0.3) is 11.8 Å². The van der Waals surface area contributed by atoms with Crippen molar-refractivity contribution in [3.8, 4) is 5.75 Å². The number of anilines is 1. The molecule has 0 fully saturated rings. The van der Waals surface area contributed by atoms with Crippen LogP contribution in [0.15, 0.2) is 53.4 Å². The highest BCUT2D eigenvalue weighted by molar-refractivity contribution is 7.89. The van der Waals surface area contributed by atoms with E-state index in [9.17, 15) is 33.0 Å². The number of nitrogens with zero attached hydrogens (tertiary/aromatic N) is 1. The predicted molar refractivity (Wildman–Crippen MR) is 99.3 cm³/mol. The highest BCUT2D eigenvalue weighted by atomic mass is 32.2. The van der Waals surface area contributed by atoms with Gasteiger partial charge in [-0.05, 0) is 35.7 Å². The van der Waals surface area contributed by atoms with Crippen LogP contribution in [0.4, 0.5) is 5.69 Å². The van der Waals surface area contributed by atoms with E-state index in [1.165, 1.54) is 30.3 Å². The summed E-state index contributed by atoms with van der Waals surface area (Å²) in [7, 11) is -4.19. The molecule has 2 amide bonds. The van der Waals surface area contributed by atoms with Crippen molar-refractivity contribution in [1.29, 1.82) is 0 Å². The molecule has 0 saturated carbocycles. The van der Waals surface area contributed by atoms with Crippen molar-refractivity contribution in [3.05, 3.63) is 65.2 Å². The molecular weight excluding hydrogens is 400 g/mol. The Morgan fingerprint density at radius 1 is 1.00 bits per heavy atom. The van der Waals surface area contributed by atoms with Gasteiger partial charge in [-0.15, -0.1) is 0 Å². The van der Waals surface area contributed by atoms with Crippen LogP contribution in [0.5, 0.6) is 5.75 Å².